The lowest BCUT2D eigenvalue weighted by Gasteiger charge is -2.13. The molecule has 0 amide bonds. The monoisotopic (exact) mass is 267 g/mol. The van der Waals surface area contributed by atoms with Crippen molar-refractivity contribution >= 4 is 11.2 Å². The number of aromatic hydroxyl groups is 1. The highest BCUT2D eigenvalue weighted by atomic mass is 16.3. The molecule has 0 radical (unpaired) electrons. The van der Waals surface area contributed by atoms with Crippen molar-refractivity contribution < 1.29 is 5.11 Å². The molecule has 0 spiro atoms. The minimum atomic E-state index is 0.213. The SMILES string of the molecule is Cc1cccc(-c2nc3cccnc3n2C(C)C)c1O. The van der Waals surface area contributed by atoms with Crippen LogP contribution in [0.3, 0.4) is 0 Å². The summed E-state index contributed by atoms with van der Waals surface area (Å²) in [4.78, 5) is 9.07. The van der Waals surface area contributed by atoms with E-state index in [1.165, 1.54) is 0 Å². The first kappa shape index (κ1) is 12.7. The van der Waals surface area contributed by atoms with Crippen LogP contribution in [0.15, 0.2) is 36.5 Å². The van der Waals surface area contributed by atoms with E-state index in [4.69, 9.17) is 0 Å². The highest BCUT2D eigenvalue weighted by Crippen LogP contribution is 2.34. The van der Waals surface area contributed by atoms with E-state index in [9.17, 15) is 5.11 Å². The van der Waals surface area contributed by atoms with Gasteiger partial charge in [0.1, 0.15) is 17.1 Å². The van der Waals surface area contributed by atoms with Crippen LogP contribution in [0.2, 0.25) is 0 Å². The van der Waals surface area contributed by atoms with Crippen LogP contribution in [0.4, 0.5) is 0 Å². The Balaban J connectivity index is 2.36. The fraction of sp³-hybridized carbons (Fsp3) is 0.250. The van der Waals surface area contributed by atoms with Gasteiger partial charge in [0.15, 0.2) is 5.65 Å². The molecule has 0 fully saturated rings. The molecule has 0 bridgehead atoms. The lowest BCUT2D eigenvalue weighted by atomic mass is 10.1. The van der Waals surface area contributed by atoms with Crippen molar-refractivity contribution in [1.29, 1.82) is 0 Å². The summed E-state index contributed by atoms with van der Waals surface area (Å²) >= 11 is 0. The molecule has 0 saturated heterocycles. The zero-order valence-electron chi connectivity index (χ0n) is 11.8. The summed E-state index contributed by atoms with van der Waals surface area (Å²) in [5.74, 6) is 1.04. The second-order valence-electron chi connectivity index (χ2n) is 5.22. The number of benzene rings is 1. The minimum Gasteiger partial charge on any atom is -0.507 e. The van der Waals surface area contributed by atoms with Gasteiger partial charge < -0.3 is 9.67 Å². The first-order chi connectivity index (χ1) is 9.59. The van der Waals surface area contributed by atoms with Gasteiger partial charge in [-0.1, -0.05) is 12.1 Å². The lowest BCUT2D eigenvalue weighted by molar-refractivity contribution is 0.472. The molecule has 0 saturated carbocycles. The van der Waals surface area contributed by atoms with E-state index in [0.29, 0.717) is 0 Å². The maximum Gasteiger partial charge on any atom is 0.160 e. The number of phenols is 1. The molecule has 0 atom stereocenters. The van der Waals surface area contributed by atoms with Gasteiger partial charge in [-0.3, -0.25) is 0 Å². The van der Waals surface area contributed by atoms with E-state index in [2.05, 4.69) is 28.4 Å². The smallest absolute Gasteiger partial charge is 0.160 e. The van der Waals surface area contributed by atoms with Gasteiger partial charge in [-0.2, -0.15) is 0 Å². The van der Waals surface area contributed by atoms with E-state index in [1.54, 1.807) is 6.20 Å². The molecule has 0 aliphatic rings. The molecule has 3 rings (SSSR count). The van der Waals surface area contributed by atoms with Crippen molar-refractivity contribution in [3.8, 4) is 17.1 Å². The zero-order chi connectivity index (χ0) is 14.3. The Labute approximate surface area is 117 Å². The summed E-state index contributed by atoms with van der Waals surface area (Å²) < 4.78 is 2.06. The van der Waals surface area contributed by atoms with E-state index >= 15 is 0 Å². The molecular formula is C16H17N3O. The molecule has 20 heavy (non-hydrogen) atoms. The first-order valence-corrected chi connectivity index (χ1v) is 6.71. The maximum absolute atomic E-state index is 10.3. The summed E-state index contributed by atoms with van der Waals surface area (Å²) in [6.07, 6.45) is 1.77. The number of aryl methyl sites for hydroxylation is 1. The van der Waals surface area contributed by atoms with Crippen molar-refractivity contribution in [1.82, 2.24) is 14.5 Å². The molecular weight excluding hydrogens is 250 g/mol. The molecule has 3 aromatic rings. The average molecular weight is 267 g/mol. The Bertz CT molecular complexity index is 774. The second kappa shape index (κ2) is 4.63. The predicted octanol–water partition coefficient (Wildman–Crippen LogP) is 3.69. The number of aromatic nitrogens is 3. The molecule has 2 heterocycles. The van der Waals surface area contributed by atoms with Crippen LogP contribution < -0.4 is 0 Å². The number of para-hydroxylation sites is 1. The Morgan fingerprint density at radius 2 is 1.95 bits per heavy atom. The van der Waals surface area contributed by atoms with Crippen LogP contribution in [-0.2, 0) is 0 Å². The second-order valence-corrected chi connectivity index (χ2v) is 5.22. The third kappa shape index (κ3) is 1.84. The van der Waals surface area contributed by atoms with Gasteiger partial charge in [-0.05, 0) is 44.5 Å². The Hall–Kier alpha value is -2.36. The number of imidazole rings is 1. The summed E-state index contributed by atoms with van der Waals surface area (Å²) in [5.41, 5.74) is 3.28. The average Bonchev–Trinajstić information content (AvgIpc) is 2.81. The highest BCUT2D eigenvalue weighted by molar-refractivity contribution is 5.79. The Kier molecular flexibility index (Phi) is 2.93. The van der Waals surface area contributed by atoms with Gasteiger partial charge >= 0.3 is 0 Å². The van der Waals surface area contributed by atoms with Crippen LogP contribution in [0.25, 0.3) is 22.6 Å². The first-order valence-electron chi connectivity index (χ1n) is 6.71. The van der Waals surface area contributed by atoms with Gasteiger partial charge in [0, 0.05) is 12.2 Å². The lowest BCUT2D eigenvalue weighted by Crippen LogP contribution is -2.04. The Morgan fingerprint density at radius 1 is 1.15 bits per heavy atom. The van der Waals surface area contributed by atoms with Crippen LogP contribution in [0.1, 0.15) is 25.5 Å². The summed E-state index contributed by atoms with van der Waals surface area (Å²) in [5, 5.41) is 10.3. The number of phenolic OH excluding ortho intramolecular Hbond substituents is 1. The molecule has 1 aromatic carbocycles. The van der Waals surface area contributed by atoms with Crippen LogP contribution >= 0.6 is 0 Å². The number of rotatable bonds is 2. The number of hydrogen-bond donors (Lipinski definition) is 1. The molecule has 0 unspecified atom stereocenters. The molecule has 4 nitrogen and oxygen atoms in total. The van der Waals surface area contributed by atoms with Crippen molar-refractivity contribution in [2.45, 2.75) is 26.8 Å². The van der Waals surface area contributed by atoms with Crippen molar-refractivity contribution in [2.24, 2.45) is 0 Å². The van der Waals surface area contributed by atoms with Gasteiger partial charge in [0.25, 0.3) is 0 Å². The van der Waals surface area contributed by atoms with Gasteiger partial charge in [0.2, 0.25) is 0 Å². The Morgan fingerprint density at radius 3 is 2.70 bits per heavy atom. The zero-order valence-corrected chi connectivity index (χ0v) is 11.8. The van der Waals surface area contributed by atoms with E-state index in [-0.39, 0.29) is 11.8 Å². The van der Waals surface area contributed by atoms with E-state index in [0.717, 1.165) is 28.1 Å². The van der Waals surface area contributed by atoms with Crippen molar-refractivity contribution in [3.63, 3.8) is 0 Å². The van der Waals surface area contributed by atoms with Gasteiger partial charge in [0.05, 0.1) is 5.56 Å². The van der Waals surface area contributed by atoms with Gasteiger partial charge in [-0.25, -0.2) is 9.97 Å². The van der Waals surface area contributed by atoms with Crippen LogP contribution in [0, 0.1) is 6.92 Å². The van der Waals surface area contributed by atoms with Crippen LogP contribution in [0.5, 0.6) is 5.75 Å². The molecule has 0 aliphatic carbocycles. The van der Waals surface area contributed by atoms with Crippen molar-refractivity contribution in [3.05, 3.63) is 42.1 Å². The number of hydrogen-bond acceptors (Lipinski definition) is 3. The van der Waals surface area contributed by atoms with Crippen molar-refractivity contribution in [2.75, 3.05) is 0 Å². The van der Waals surface area contributed by atoms with E-state index in [1.807, 2.05) is 37.3 Å². The topological polar surface area (TPSA) is 50.9 Å². The summed E-state index contributed by atoms with van der Waals surface area (Å²) in [6.45, 7) is 6.07. The number of pyridine rings is 1. The van der Waals surface area contributed by atoms with E-state index < -0.39 is 0 Å². The largest absolute Gasteiger partial charge is 0.507 e. The minimum absolute atomic E-state index is 0.213. The fourth-order valence-electron chi connectivity index (χ4n) is 2.45. The molecule has 102 valence electrons. The molecule has 0 aliphatic heterocycles. The predicted molar refractivity (Wildman–Crippen MR) is 79.8 cm³/mol. The van der Waals surface area contributed by atoms with Gasteiger partial charge in [-0.15, -0.1) is 0 Å². The molecule has 1 N–H and O–H groups in total. The number of fused-ring (bicyclic) bond motifs is 1. The quantitative estimate of drug-likeness (QED) is 0.770. The summed E-state index contributed by atoms with van der Waals surface area (Å²) in [7, 11) is 0. The van der Waals surface area contributed by atoms with Crippen LogP contribution in [-0.4, -0.2) is 19.6 Å². The highest BCUT2D eigenvalue weighted by Gasteiger charge is 2.18. The maximum atomic E-state index is 10.3. The fourth-order valence-corrected chi connectivity index (χ4v) is 2.45. The summed E-state index contributed by atoms with van der Waals surface area (Å²) in [6, 6.07) is 9.74. The third-order valence-electron chi connectivity index (χ3n) is 3.44. The molecule has 4 heteroatoms. The standard InChI is InChI=1S/C16H17N3O/c1-10(2)19-15(12-7-4-6-11(3)14(12)20)18-13-8-5-9-17-16(13)19/h4-10,20H,1-3H3. The molecule has 2 aromatic heterocycles. The normalized spacial score (nSPS) is 11.4. The number of nitrogens with zero attached hydrogens (tertiary/aromatic N) is 3. The third-order valence-corrected chi connectivity index (χ3v) is 3.44.